The fourth-order valence-corrected chi connectivity index (χ4v) is 3.96. The molecule has 3 heterocycles. The van der Waals surface area contributed by atoms with Crippen LogP contribution >= 0.6 is 0 Å². The summed E-state index contributed by atoms with van der Waals surface area (Å²) in [5.74, 6) is -0.873. The number of alkyl halides is 3. The molecule has 0 unspecified atom stereocenters. The fourth-order valence-electron chi connectivity index (χ4n) is 3.96. The Bertz CT molecular complexity index is 981. The van der Waals surface area contributed by atoms with Crippen molar-refractivity contribution in [1.29, 1.82) is 0 Å². The van der Waals surface area contributed by atoms with Gasteiger partial charge in [0.1, 0.15) is 12.6 Å². The molecular weight excluding hydrogens is 389 g/mol. The van der Waals surface area contributed by atoms with Crippen LogP contribution in [0.3, 0.4) is 0 Å². The molecule has 0 bridgehead atoms. The molecule has 1 amide bonds. The molecule has 2 aromatic heterocycles. The number of aryl methyl sites for hydroxylation is 1. The van der Waals surface area contributed by atoms with Crippen LogP contribution in [0.1, 0.15) is 48.6 Å². The first-order valence-corrected chi connectivity index (χ1v) is 9.53. The number of halogens is 3. The number of esters is 1. The Morgan fingerprint density at radius 1 is 1.28 bits per heavy atom. The van der Waals surface area contributed by atoms with Crippen LogP contribution in [0.25, 0.3) is 11.0 Å². The zero-order valence-corrected chi connectivity index (χ0v) is 16.1. The predicted molar refractivity (Wildman–Crippen MR) is 96.0 cm³/mol. The van der Waals surface area contributed by atoms with Gasteiger partial charge in [-0.15, -0.1) is 0 Å². The Labute approximate surface area is 164 Å². The highest BCUT2D eigenvalue weighted by Gasteiger charge is 2.39. The van der Waals surface area contributed by atoms with E-state index < -0.39 is 29.7 Å². The van der Waals surface area contributed by atoms with Crippen LogP contribution in [-0.4, -0.2) is 51.2 Å². The molecule has 2 aromatic rings. The summed E-state index contributed by atoms with van der Waals surface area (Å²) in [5, 5.41) is 4.09. The summed E-state index contributed by atoms with van der Waals surface area (Å²) in [5.41, 5.74) is -0.163. The minimum Gasteiger partial charge on any atom is -0.467 e. The molecule has 4 rings (SSSR count). The van der Waals surface area contributed by atoms with E-state index in [4.69, 9.17) is 4.74 Å². The van der Waals surface area contributed by atoms with E-state index in [1.165, 1.54) is 23.6 Å². The molecule has 0 radical (unpaired) electrons. The van der Waals surface area contributed by atoms with Crippen molar-refractivity contribution in [2.24, 2.45) is 0 Å². The summed E-state index contributed by atoms with van der Waals surface area (Å²) in [6, 6.07) is 0.436. The smallest absolute Gasteiger partial charge is 0.417 e. The number of carbonyl (C=O) groups is 2. The van der Waals surface area contributed by atoms with Gasteiger partial charge in [-0.3, -0.25) is 4.79 Å². The van der Waals surface area contributed by atoms with Crippen molar-refractivity contribution in [2.45, 2.75) is 57.3 Å². The van der Waals surface area contributed by atoms with Crippen molar-refractivity contribution >= 4 is 22.9 Å². The number of likely N-dealkylation sites (tertiary alicyclic amines) is 1. The lowest BCUT2D eigenvalue weighted by Gasteiger charge is -2.22. The first-order valence-electron chi connectivity index (χ1n) is 9.53. The van der Waals surface area contributed by atoms with Gasteiger partial charge in [-0.2, -0.15) is 18.3 Å². The van der Waals surface area contributed by atoms with Crippen molar-refractivity contribution in [3.05, 3.63) is 23.0 Å². The highest BCUT2D eigenvalue weighted by atomic mass is 19.4. The number of fused-ring (bicyclic) bond motifs is 1. The van der Waals surface area contributed by atoms with Crippen molar-refractivity contribution in [3.63, 3.8) is 0 Å². The average Bonchev–Trinajstić information content (AvgIpc) is 3.32. The lowest BCUT2D eigenvalue weighted by atomic mass is 10.1. The molecule has 1 aliphatic carbocycles. The Kier molecular flexibility index (Phi) is 4.74. The van der Waals surface area contributed by atoms with Crippen molar-refractivity contribution < 1.29 is 27.5 Å². The highest BCUT2D eigenvalue weighted by Crippen LogP contribution is 2.43. The molecule has 2 fully saturated rings. The van der Waals surface area contributed by atoms with Gasteiger partial charge in [0, 0.05) is 18.2 Å². The molecule has 0 aromatic carbocycles. The SMILES string of the molecule is COC(=O)[C@@H]1CCCN1C(=O)Cn1nc(C)c2c(C(F)(F)F)cc(C3CC3)nc21. The first-order chi connectivity index (χ1) is 13.7. The molecule has 1 saturated heterocycles. The van der Waals surface area contributed by atoms with Crippen LogP contribution in [0.4, 0.5) is 13.2 Å². The molecule has 10 heteroatoms. The Morgan fingerprint density at radius 3 is 2.62 bits per heavy atom. The third kappa shape index (κ3) is 3.56. The quantitative estimate of drug-likeness (QED) is 0.725. The van der Waals surface area contributed by atoms with Crippen LogP contribution in [-0.2, 0) is 27.0 Å². The maximum atomic E-state index is 13.7. The number of carbonyl (C=O) groups excluding carboxylic acids is 2. The Morgan fingerprint density at radius 2 is 2.00 bits per heavy atom. The van der Waals surface area contributed by atoms with Crippen LogP contribution in [0.15, 0.2) is 6.07 Å². The first kappa shape index (κ1) is 19.7. The maximum Gasteiger partial charge on any atom is 0.417 e. The second-order valence-corrected chi connectivity index (χ2v) is 7.58. The molecule has 0 N–H and O–H groups in total. The van der Waals surface area contributed by atoms with Crippen LogP contribution in [0.5, 0.6) is 0 Å². The number of pyridine rings is 1. The zero-order valence-electron chi connectivity index (χ0n) is 16.1. The molecule has 2 aliphatic rings. The third-order valence-electron chi connectivity index (χ3n) is 5.53. The third-order valence-corrected chi connectivity index (χ3v) is 5.53. The minimum atomic E-state index is -4.54. The van der Waals surface area contributed by atoms with Crippen molar-refractivity contribution in [3.8, 4) is 0 Å². The topological polar surface area (TPSA) is 77.3 Å². The lowest BCUT2D eigenvalue weighted by Crippen LogP contribution is -2.42. The highest BCUT2D eigenvalue weighted by molar-refractivity contribution is 5.87. The van der Waals surface area contributed by atoms with Gasteiger partial charge in [0.05, 0.1) is 23.8 Å². The molecule has 1 atom stereocenters. The predicted octanol–water partition coefficient (Wildman–Crippen LogP) is 2.80. The molecule has 29 heavy (non-hydrogen) atoms. The van der Waals surface area contributed by atoms with E-state index in [0.717, 1.165) is 18.9 Å². The molecular formula is C19H21F3N4O3. The molecule has 7 nitrogen and oxygen atoms in total. The van der Waals surface area contributed by atoms with E-state index >= 15 is 0 Å². The standard InChI is InChI=1S/C19H21F3N4O3/c1-10-16-12(19(20,21)22)8-13(11-5-6-11)23-17(16)26(24-10)9-15(27)25-7-3-4-14(25)18(28)29-2/h8,11,14H,3-7,9H2,1-2H3/t14-/m0/s1. The Balaban J connectivity index is 1.72. The molecule has 1 saturated carbocycles. The monoisotopic (exact) mass is 410 g/mol. The number of hydrogen-bond donors (Lipinski definition) is 0. The maximum absolute atomic E-state index is 13.7. The number of ether oxygens (including phenoxy) is 1. The zero-order chi connectivity index (χ0) is 20.9. The second kappa shape index (κ2) is 7.00. The van der Waals surface area contributed by atoms with Gasteiger partial charge in [0.25, 0.3) is 0 Å². The fraction of sp³-hybridized carbons (Fsp3) is 0.579. The number of aromatic nitrogens is 3. The lowest BCUT2D eigenvalue weighted by molar-refractivity contribution is -0.151. The number of amides is 1. The average molecular weight is 410 g/mol. The summed E-state index contributed by atoms with van der Waals surface area (Å²) in [7, 11) is 1.26. The number of hydrogen-bond acceptors (Lipinski definition) is 5. The van der Waals surface area contributed by atoms with E-state index in [1.807, 2.05) is 0 Å². The van der Waals surface area contributed by atoms with Gasteiger partial charge < -0.3 is 9.64 Å². The number of rotatable bonds is 4. The summed E-state index contributed by atoms with van der Waals surface area (Å²) < 4.78 is 47.0. The molecule has 0 spiro atoms. The van der Waals surface area contributed by atoms with Gasteiger partial charge in [-0.1, -0.05) is 0 Å². The molecule has 156 valence electrons. The molecule has 1 aliphatic heterocycles. The van der Waals surface area contributed by atoms with E-state index in [-0.39, 0.29) is 29.2 Å². The summed E-state index contributed by atoms with van der Waals surface area (Å²) in [6.45, 7) is 1.59. The summed E-state index contributed by atoms with van der Waals surface area (Å²) in [4.78, 5) is 30.5. The van der Waals surface area contributed by atoms with Crippen molar-refractivity contribution in [2.75, 3.05) is 13.7 Å². The normalized spacial score (nSPS) is 19.8. The van der Waals surface area contributed by atoms with E-state index in [9.17, 15) is 22.8 Å². The second-order valence-electron chi connectivity index (χ2n) is 7.58. The largest absolute Gasteiger partial charge is 0.467 e. The summed E-state index contributed by atoms with van der Waals surface area (Å²) in [6.07, 6.45) is -1.78. The van der Waals surface area contributed by atoms with Gasteiger partial charge in [0.2, 0.25) is 5.91 Å². The minimum absolute atomic E-state index is 0.0159. The van der Waals surface area contributed by atoms with Gasteiger partial charge >= 0.3 is 12.1 Å². The Hall–Kier alpha value is -2.65. The van der Waals surface area contributed by atoms with E-state index in [0.29, 0.717) is 25.1 Å². The van der Waals surface area contributed by atoms with Gasteiger partial charge in [-0.05, 0) is 38.7 Å². The number of methoxy groups -OCH3 is 1. The van der Waals surface area contributed by atoms with Crippen LogP contribution < -0.4 is 0 Å². The van der Waals surface area contributed by atoms with Crippen molar-refractivity contribution in [1.82, 2.24) is 19.7 Å². The van der Waals surface area contributed by atoms with Gasteiger partial charge in [-0.25, -0.2) is 14.5 Å². The van der Waals surface area contributed by atoms with E-state index in [1.54, 1.807) is 0 Å². The van der Waals surface area contributed by atoms with Crippen LogP contribution in [0, 0.1) is 6.92 Å². The number of nitrogens with zero attached hydrogens (tertiary/aromatic N) is 4. The van der Waals surface area contributed by atoms with E-state index in [2.05, 4.69) is 10.1 Å². The summed E-state index contributed by atoms with van der Waals surface area (Å²) >= 11 is 0. The van der Waals surface area contributed by atoms with Gasteiger partial charge in [0.15, 0.2) is 5.65 Å². The van der Waals surface area contributed by atoms with Crippen LogP contribution in [0.2, 0.25) is 0 Å².